The molecule has 0 aliphatic carbocycles. The van der Waals surface area contributed by atoms with Gasteiger partial charge in [0.2, 0.25) is 5.91 Å². The van der Waals surface area contributed by atoms with E-state index in [0.29, 0.717) is 38.0 Å². The van der Waals surface area contributed by atoms with Crippen LogP contribution in [-0.2, 0) is 16.1 Å². The van der Waals surface area contributed by atoms with E-state index in [2.05, 4.69) is 10.3 Å². The first-order valence-corrected chi connectivity index (χ1v) is 12.0. The molecule has 36 heavy (non-hydrogen) atoms. The van der Waals surface area contributed by atoms with Crippen LogP contribution in [0.3, 0.4) is 0 Å². The van der Waals surface area contributed by atoms with Crippen molar-refractivity contribution >= 4 is 17.7 Å². The number of carbonyl (C=O) groups is 3. The van der Waals surface area contributed by atoms with Crippen molar-refractivity contribution < 1.29 is 23.5 Å². The summed E-state index contributed by atoms with van der Waals surface area (Å²) in [6.07, 6.45) is 5.59. The first kappa shape index (κ1) is 23.7. The fraction of sp³-hybridized carbons (Fsp3) is 0.333. The van der Waals surface area contributed by atoms with Crippen molar-refractivity contribution in [3.63, 3.8) is 0 Å². The van der Waals surface area contributed by atoms with Gasteiger partial charge < -0.3 is 19.4 Å². The Kier molecular flexibility index (Phi) is 6.56. The number of piperidine rings is 1. The Morgan fingerprint density at radius 2 is 1.78 bits per heavy atom. The Labute approximate surface area is 209 Å². The number of rotatable bonds is 5. The number of ether oxygens (including phenoxy) is 1. The smallest absolute Gasteiger partial charge is 0.289 e. The molecule has 186 valence electrons. The Morgan fingerprint density at radius 3 is 2.47 bits per heavy atom. The molecule has 4 heterocycles. The Hall–Kier alpha value is -3.98. The zero-order valence-electron chi connectivity index (χ0n) is 20.1. The predicted molar refractivity (Wildman–Crippen MR) is 130 cm³/mol. The lowest BCUT2D eigenvalue weighted by atomic mass is 9.95. The lowest BCUT2D eigenvalue weighted by Crippen LogP contribution is -2.59. The number of carbonyl (C=O) groups excluding carboxylic acids is 3. The van der Waals surface area contributed by atoms with Crippen LogP contribution in [0.25, 0.3) is 0 Å². The van der Waals surface area contributed by atoms with Gasteiger partial charge in [-0.15, -0.1) is 0 Å². The number of benzene rings is 1. The van der Waals surface area contributed by atoms with Gasteiger partial charge in [0, 0.05) is 50.4 Å². The van der Waals surface area contributed by atoms with Crippen LogP contribution in [0.4, 0.5) is 0 Å². The van der Waals surface area contributed by atoms with Crippen molar-refractivity contribution in [1.29, 1.82) is 0 Å². The van der Waals surface area contributed by atoms with Crippen molar-refractivity contribution in [2.75, 3.05) is 19.7 Å². The van der Waals surface area contributed by atoms with E-state index in [1.54, 1.807) is 40.4 Å². The molecule has 1 N–H and O–H groups in total. The van der Waals surface area contributed by atoms with E-state index in [9.17, 15) is 14.4 Å². The Bertz CT molecular complexity index is 1240. The van der Waals surface area contributed by atoms with Crippen LogP contribution in [0, 0.1) is 6.92 Å². The number of aryl methyl sites for hydroxylation is 1. The van der Waals surface area contributed by atoms with Crippen molar-refractivity contribution in [3.05, 3.63) is 89.6 Å². The van der Waals surface area contributed by atoms with Crippen LogP contribution in [0.2, 0.25) is 0 Å². The van der Waals surface area contributed by atoms with Crippen molar-refractivity contribution in [2.24, 2.45) is 0 Å². The number of likely N-dealkylation sites (tertiary alicyclic amines) is 1. The molecule has 9 nitrogen and oxygen atoms in total. The summed E-state index contributed by atoms with van der Waals surface area (Å²) in [6.45, 7) is 3.04. The number of furan rings is 1. The molecule has 0 radical (unpaired) electrons. The molecule has 9 heteroatoms. The van der Waals surface area contributed by atoms with Crippen LogP contribution < -0.4 is 5.32 Å². The minimum atomic E-state index is -0.974. The number of nitrogens with one attached hydrogen (secondary N) is 1. The van der Waals surface area contributed by atoms with Gasteiger partial charge in [0.1, 0.15) is 11.8 Å². The number of hydrogen-bond acceptors (Lipinski definition) is 6. The zero-order valence-corrected chi connectivity index (χ0v) is 20.1. The predicted octanol–water partition coefficient (Wildman–Crippen LogP) is 2.77. The fourth-order valence-corrected chi connectivity index (χ4v) is 4.93. The largest absolute Gasteiger partial charge is 0.459 e. The Morgan fingerprint density at radius 1 is 1.03 bits per heavy atom. The van der Waals surface area contributed by atoms with Crippen LogP contribution in [0.5, 0.6) is 0 Å². The lowest BCUT2D eigenvalue weighted by Gasteiger charge is -2.44. The number of aromatic nitrogens is 1. The molecule has 2 aliphatic rings. The third kappa shape index (κ3) is 4.49. The summed E-state index contributed by atoms with van der Waals surface area (Å²) < 4.78 is 11.5. The molecular weight excluding hydrogens is 460 g/mol. The molecule has 0 unspecified atom stereocenters. The molecule has 1 spiro atoms. The maximum Gasteiger partial charge on any atom is 0.289 e. The van der Waals surface area contributed by atoms with Crippen LogP contribution in [-0.4, -0.2) is 64.0 Å². The van der Waals surface area contributed by atoms with E-state index in [-0.39, 0.29) is 30.1 Å². The highest BCUT2D eigenvalue weighted by atomic mass is 16.5. The lowest BCUT2D eigenvalue weighted by molar-refractivity contribution is -0.128. The van der Waals surface area contributed by atoms with Gasteiger partial charge in [-0.25, -0.2) is 0 Å². The molecule has 1 aromatic carbocycles. The van der Waals surface area contributed by atoms with Gasteiger partial charge in [-0.1, -0.05) is 18.2 Å². The molecule has 2 aromatic heterocycles. The maximum absolute atomic E-state index is 13.9. The summed E-state index contributed by atoms with van der Waals surface area (Å²) in [6, 6.07) is 13.5. The molecular formula is C27H28N4O5. The van der Waals surface area contributed by atoms with Gasteiger partial charge >= 0.3 is 0 Å². The zero-order chi connectivity index (χ0) is 25.1. The average Bonchev–Trinajstić information content (AvgIpc) is 3.57. The second-order valence-corrected chi connectivity index (χ2v) is 9.11. The monoisotopic (exact) mass is 488 g/mol. The summed E-state index contributed by atoms with van der Waals surface area (Å²) in [5.41, 5.74) is 1.29. The van der Waals surface area contributed by atoms with Crippen molar-refractivity contribution in [1.82, 2.24) is 20.1 Å². The van der Waals surface area contributed by atoms with Crippen molar-refractivity contribution in [3.8, 4) is 0 Å². The van der Waals surface area contributed by atoms with Gasteiger partial charge in [0.15, 0.2) is 5.76 Å². The van der Waals surface area contributed by atoms with Gasteiger partial charge in [-0.3, -0.25) is 24.3 Å². The summed E-state index contributed by atoms with van der Waals surface area (Å²) in [5, 5.41) is 2.94. The summed E-state index contributed by atoms with van der Waals surface area (Å²) >= 11 is 0. The molecule has 2 saturated heterocycles. The van der Waals surface area contributed by atoms with Crippen LogP contribution in [0.1, 0.15) is 44.9 Å². The standard InChI is InChI=1S/C27H28N4O5/c1-19-5-2-3-6-21(19)25(33)31-22(24(32)29-17-20-8-12-28-13-9-20)18-36-27(31)10-14-30(15-11-27)26(34)23-7-4-16-35-23/h2-9,12-13,16,22H,10-11,14-15,17-18H2,1H3,(H,29,32)/t22-/m0/s1. The van der Waals surface area contributed by atoms with Crippen LogP contribution >= 0.6 is 0 Å². The highest BCUT2D eigenvalue weighted by molar-refractivity contribution is 5.99. The number of pyridine rings is 1. The molecule has 1 atom stereocenters. The van der Waals surface area contributed by atoms with Crippen molar-refractivity contribution in [2.45, 2.75) is 38.1 Å². The topological polar surface area (TPSA) is 105 Å². The number of nitrogens with zero attached hydrogens (tertiary/aromatic N) is 3. The van der Waals surface area contributed by atoms with E-state index in [0.717, 1.165) is 11.1 Å². The average molecular weight is 489 g/mol. The molecule has 5 rings (SSSR count). The normalized spacial score (nSPS) is 18.9. The second kappa shape index (κ2) is 9.94. The third-order valence-corrected chi connectivity index (χ3v) is 6.94. The van der Waals surface area contributed by atoms with E-state index < -0.39 is 11.8 Å². The number of amides is 3. The SMILES string of the molecule is Cc1ccccc1C(=O)N1[C@H](C(=O)NCc2ccncc2)COC12CCN(C(=O)c1ccco1)CC2. The minimum Gasteiger partial charge on any atom is -0.459 e. The van der Waals surface area contributed by atoms with Gasteiger partial charge in [-0.2, -0.15) is 0 Å². The molecule has 3 aromatic rings. The van der Waals surface area contributed by atoms with Gasteiger partial charge in [0.25, 0.3) is 11.8 Å². The van der Waals surface area contributed by atoms with Gasteiger partial charge in [-0.05, 0) is 48.4 Å². The number of hydrogen-bond donors (Lipinski definition) is 1. The quantitative estimate of drug-likeness (QED) is 0.592. The summed E-state index contributed by atoms with van der Waals surface area (Å²) in [5.74, 6) is -0.448. The Balaban J connectivity index is 1.38. The summed E-state index contributed by atoms with van der Waals surface area (Å²) in [7, 11) is 0. The minimum absolute atomic E-state index is 0.0892. The molecule has 0 saturated carbocycles. The van der Waals surface area contributed by atoms with Crippen LogP contribution in [0.15, 0.2) is 71.6 Å². The first-order valence-electron chi connectivity index (χ1n) is 12.0. The fourth-order valence-electron chi connectivity index (χ4n) is 4.93. The second-order valence-electron chi connectivity index (χ2n) is 9.11. The van der Waals surface area contributed by atoms with Gasteiger partial charge in [0.05, 0.1) is 12.9 Å². The van der Waals surface area contributed by atoms with E-state index >= 15 is 0 Å². The summed E-state index contributed by atoms with van der Waals surface area (Å²) in [4.78, 5) is 47.3. The molecule has 3 amide bonds. The maximum atomic E-state index is 13.9. The highest BCUT2D eigenvalue weighted by Crippen LogP contribution is 2.39. The molecule has 2 aliphatic heterocycles. The highest BCUT2D eigenvalue weighted by Gasteiger charge is 2.54. The van der Waals surface area contributed by atoms with E-state index in [4.69, 9.17) is 9.15 Å². The van der Waals surface area contributed by atoms with E-state index in [1.807, 2.05) is 37.3 Å². The first-order chi connectivity index (χ1) is 17.5. The third-order valence-electron chi connectivity index (χ3n) is 6.94. The van der Waals surface area contributed by atoms with E-state index in [1.165, 1.54) is 6.26 Å². The molecule has 0 bridgehead atoms. The molecule has 2 fully saturated rings.